The Kier molecular flexibility index (Phi) is 5.15. The number of anilines is 2. The summed E-state index contributed by atoms with van der Waals surface area (Å²) in [6.07, 6.45) is 3.29. The number of rotatable bonds is 4. The number of amides is 1. The molecule has 0 atom stereocenters. The second-order valence-electron chi connectivity index (χ2n) is 7.26. The number of fused-ring (bicyclic) bond motifs is 1. The number of aryl methyl sites for hydroxylation is 1. The summed E-state index contributed by atoms with van der Waals surface area (Å²) in [6.45, 7) is 3.65. The van der Waals surface area contributed by atoms with Crippen molar-refractivity contribution in [3.05, 3.63) is 59.8 Å². The van der Waals surface area contributed by atoms with Crippen molar-refractivity contribution in [1.29, 1.82) is 0 Å². The molecule has 1 saturated heterocycles. The predicted molar refractivity (Wildman–Crippen MR) is 113 cm³/mol. The number of ether oxygens (including phenoxy) is 1. The summed E-state index contributed by atoms with van der Waals surface area (Å²) in [4.78, 5) is 19.7. The first-order valence-corrected chi connectivity index (χ1v) is 9.76. The molecular weight excluding hydrogens is 350 g/mol. The molecule has 4 rings (SSSR count). The van der Waals surface area contributed by atoms with E-state index in [1.54, 1.807) is 7.11 Å². The molecule has 0 radical (unpaired) electrons. The molecule has 144 valence electrons. The van der Waals surface area contributed by atoms with Crippen molar-refractivity contribution in [1.82, 2.24) is 9.88 Å². The molecule has 0 saturated carbocycles. The van der Waals surface area contributed by atoms with E-state index >= 15 is 0 Å². The minimum Gasteiger partial charge on any atom is -0.494 e. The second kappa shape index (κ2) is 7.89. The number of hydrogen-bond donors (Lipinski definition) is 1. The molecule has 0 aliphatic carbocycles. The Hall–Kier alpha value is -3.08. The standard InChI is InChI=1S/C23H25N3O2/c1-16-8-6-9-17(14-16)24-19-15-20(23(27)26-12-4-3-5-13-26)25-22-18(19)10-7-11-21(22)28-2/h6-11,14-15H,3-5,12-13H2,1-2H3,(H,24,25). The van der Waals surface area contributed by atoms with Gasteiger partial charge in [-0.25, -0.2) is 4.98 Å². The average molecular weight is 375 g/mol. The van der Waals surface area contributed by atoms with Gasteiger partial charge in [0.15, 0.2) is 0 Å². The fourth-order valence-corrected chi connectivity index (χ4v) is 3.74. The van der Waals surface area contributed by atoms with Crippen LogP contribution < -0.4 is 10.1 Å². The van der Waals surface area contributed by atoms with Crippen molar-refractivity contribution in [3.63, 3.8) is 0 Å². The molecule has 1 amide bonds. The number of nitrogens with one attached hydrogen (secondary N) is 1. The maximum absolute atomic E-state index is 13.1. The lowest BCUT2D eigenvalue weighted by Gasteiger charge is -2.26. The third-order valence-corrected chi connectivity index (χ3v) is 5.18. The van der Waals surface area contributed by atoms with Gasteiger partial charge in [0, 0.05) is 24.2 Å². The molecule has 28 heavy (non-hydrogen) atoms. The van der Waals surface area contributed by atoms with Gasteiger partial charge in [0.05, 0.1) is 12.8 Å². The Morgan fingerprint density at radius 1 is 1.07 bits per heavy atom. The molecule has 1 aromatic heterocycles. The molecule has 0 spiro atoms. The topological polar surface area (TPSA) is 54.5 Å². The van der Waals surface area contributed by atoms with E-state index in [1.165, 1.54) is 12.0 Å². The summed E-state index contributed by atoms with van der Waals surface area (Å²) in [7, 11) is 1.63. The highest BCUT2D eigenvalue weighted by Crippen LogP contribution is 2.32. The van der Waals surface area contributed by atoms with Crippen molar-refractivity contribution < 1.29 is 9.53 Å². The third-order valence-electron chi connectivity index (χ3n) is 5.18. The van der Waals surface area contributed by atoms with E-state index in [0.717, 1.165) is 42.7 Å². The minimum atomic E-state index is -0.0141. The first-order chi connectivity index (χ1) is 13.7. The summed E-state index contributed by atoms with van der Waals surface area (Å²) >= 11 is 0. The third kappa shape index (κ3) is 3.65. The zero-order valence-electron chi connectivity index (χ0n) is 16.4. The fraction of sp³-hybridized carbons (Fsp3) is 0.304. The van der Waals surface area contributed by atoms with Crippen LogP contribution in [0.3, 0.4) is 0 Å². The number of likely N-dealkylation sites (tertiary alicyclic amines) is 1. The lowest BCUT2D eigenvalue weighted by molar-refractivity contribution is 0.0719. The molecule has 2 heterocycles. The monoisotopic (exact) mass is 375 g/mol. The largest absolute Gasteiger partial charge is 0.494 e. The Balaban J connectivity index is 1.81. The lowest BCUT2D eigenvalue weighted by atomic mass is 10.1. The van der Waals surface area contributed by atoms with Gasteiger partial charge in [-0.15, -0.1) is 0 Å². The zero-order valence-corrected chi connectivity index (χ0v) is 16.4. The summed E-state index contributed by atoms with van der Waals surface area (Å²) in [6, 6.07) is 15.9. The average Bonchev–Trinajstić information content (AvgIpc) is 2.73. The number of carbonyl (C=O) groups excluding carboxylic acids is 1. The van der Waals surface area contributed by atoms with Crippen molar-refractivity contribution in [2.75, 3.05) is 25.5 Å². The summed E-state index contributed by atoms with van der Waals surface area (Å²) < 4.78 is 5.52. The van der Waals surface area contributed by atoms with Crippen LogP contribution >= 0.6 is 0 Å². The van der Waals surface area contributed by atoms with Gasteiger partial charge in [-0.2, -0.15) is 0 Å². The van der Waals surface area contributed by atoms with Crippen LogP contribution in [0.2, 0.25) is 0 Å². The number of benzene rings is 2. The van der Waals surface area contributed by atoms with Crippen molar-refractivity contribution in [2.45, 2.75) is 26.2 Å². The van der Waals surface area contributed by atoms with Crippen LogP contribution in [0.4, 0.5) is 11.4 Å². The summed E-state index contributed by atoms with van der Waals surface area (Å²) in [5.74, 6) is 0.651. The first-order valence-electron chi connectivity index (χ1n) is 9.76. The maximum Gasteiger partial charge on any atom is 0.272 e. The number of methoxy groups -OCH3 is 1. The Morgan fingerprint density at radius 2 is 1.86 bits per heavy atom. The van der Waals surface area contributed by atoms with Crippen LogP contribution in [0, 0.1) is 6.92 Å². The fourth-order valence-electron chi connectivity index (χ4n) is 3.74. The number of para-hydroxylation sites is 1. The predicted octanol–water partition coefficient (Wildman–Crippen LogP) is 4.92. The van der Waals surface area contributed by atoms with E-state index in [-0.39, 0.29) is 5.91 Å². The molecule has 1 fully saturated rings. The first kappa shape index (κ1) is 18.3. The van der Waals surface area contributed by atoms with Crippen LogP contribution in [0.15, 0.2) is 48.5 Å². The van der Waals surface area contributed by atoms with Gasteiger partial charge in [-0.05, 0) is 56.0 Å². The highest BCUT2D eigenvalue weighted by Gasteiger charge is 2.21. The number of carbonyl (C=O) groups is 1. The lowest BCUT2D eigenvalue weighted by Crippen LogP contribution is -2.36. The van der Waals surface area contributed by atoms with E-state index in [9.17, 15) is 4.79 Å². The van der Waals surface area contributed by atoms with Crippen LogP contribution in [0.25, 0.3) is 10.9 Å². The number of pyridine rings is 1. The van der Waals surface area contributed by atoms with Gasteiger partial charge in [-0.3, -0.25) is 4.79 Å². The molecule has 1 aliphatic rings. The minimum absolute atomic E-state index is 0.0141. The molecule has 1 aliphatic heterocycles. The Bertz CT molecular complexity index is 1010. The number of aromatic nitrogens is 1. The van der Waals surface area contributed by atoms with Crippen molar-refractivity contribution >= 4 is 28.2 Å². The molecule has 1 N–H and O–H groups in total. The van der Waals surface area contributed by atoms with Gasteiger partial charge in [0.25, 0.3) is 5.91 Å². The molecular formula is C23H25N3O2. The quantitative estimate of drug-likeness (QED) is 0.703. The van der Waals surface area contributed by atoms with Gasteiger partial charge in [0.2, 0.25) is 0 Å². The number of piperidine rings is 1. The van der Waals surface area contributed by atoms with Crippen LogP contribution in [-0.2, 0) is 0 Å². The van der Waals surface area contributed by atoms with Crippen molar-refractivity contribution in [2.24, 2.45) is 0 Å². The molecule has 5 heteroatoms. The van der Waals surface area contributed by atoms with E-state index in [1.807, 2.05) is 41.3 Å². The van der Waals surface area contributed by atoms with E-state index in [4.69, 9.17) is 4.74 Å². The smallest absolute Gasteiger partial charge is 0.272 e. The molecule has 0 bridgehead atoms. The molecule has 5 nitrogen and oxygen atoms in total. The van der Waals surface area contributed by atoms with E-state index in [0.29, 0.717) is 17.0 Å². The summed E-state index contributed by atoms with van der Waals surface area (Å²) in [5.41, 5.74) is 4.16. The molecule has 0 unspecified atom stereocenters. The number of nitrogens with zero attached hydrogens (tertiary/aromatic N) is 2. The molecule has 3 aromatic rings. The summed E-state index contributed by atoms with van der Waals surface area (Å²) in [5, 5.41) is 4.40. The Morgan fingerprint density at radius 3 is 2.61 bits per heavy atom. The van der Waals surface area contributed by atoms with Gasteiger partial charge < -0.3 is 15.0 Å². The highest BCUT2D eigenvalue weighted by atomic mass is 16.5. The normalized spacial score (nSPS) is 14.1. The van der Waals surface area contributed by atoms with Crippen molar-refractivity contribution in [3.8, 4) is 5.75 Å². The van der Waals surface area contributed by atoms with Gasteiger partial charge in [0.1, 0.15) is 17.0 Å². The van der Waals surface area contributed by atoms with Crippen LogP contribution in [0.1, 0.15) is 35.3 Å². The van der Waals surface area contributed by atoms with Gasteiger partial charge >= 0.3 is 0 Å². The van der Waals surface area contributed by atoms with Crippen LogP contribution in [0.5, 0.6) is 5.75 Å². The second-order valence-corrected chi connectivity index (χ2v) is 7.26. The highest BCUT2D eigenvalue weighted by molar-refractivity contribution is 6.02. The number of hydrogen-bond acceptors (Lipinski definition) is 4. The SMILES string of the molecule is COc1cccc2c(Nc3cccc(C)c3)cc(C(=O)N3CCCCC3)nc12. The van der Waals surface area contributed by atoms with E-state index < -0.39 is 0 Å². The van der Waals surface area contributed by atoms with Gasteiger partial charge in [-0.1, -0.05) is 24.3 Å². The maximum atomic E-state index is 13.1. The van der Waals surface area contributed by atoms with Crippen LogP contribution in [-0.4, -0.2) is 36.0 Å². The Labute approximate surface area is 165 Å². The molecule has 2 aromatic carbocycles. The zero-order chi connectivity index (χ0) is 19.5. The van der Waals surface area contributed by atoms with E-state index in [2.05, 4.69) is 29.4 Å².